The van der Waals surface area contributed by atoms with Crippen LogP contribution in [0.15, 0.2) is 0 Å². The van der Waals surface area contributed by atoms with Gasteiger partial charge in [-0.25, -0.2) is 0 Å². The summed E-state index contributed by atoms with van der Waals surface area (Å²) >= 11 is 0. The number of hydrogen-bond donors (Lipinski definition) is 0. The Balaban J connectivity index is 4.28. The third-order valence-corrected chi connectivity index (χ3v) is 11.1. The monoisotopic (exact) mass is 779 g/mol. The van der Waals surface area contributed by atoms with Crippen LogP contribution in [0.3, 0.4) is 0 Å². The molecular formula is C49H94O6. The molecule has 326 valence electrons. The lowest BCUT2D eigenvalue weighted by atomic mass is 10.0. The third kappa shape index (κ3) is 43.4. The SMILES string of the molecule is CCCCCCCCCCCCCCCCCC(=O)OC[C@H](COC(=O)CCCCCCCCCCCC)OC(=O)CCCCCCCCCCCCCC. The smallest absolute Gasteiger partial charge is 0.306 e. The maximum atomic E-state index is 12.7. The summed E-state index contributed by atoms with van der Waals surface area (Å²) in [5.41, 5.74) is 0. The second kappa shape index (κ2) is 45.1. The number of unbranched alkanes of at least 4 members (excludes halogenated alkanes) is 34. The molecule has 55 heavy (non-hydrogen) atoms. The van der Waals surface area contributed by atoms with Crippen LogP contribution in [0, 0.1) is 0 Å². The Bertz CT molecular complexity index is 813. The number of rotatable bonds is 45. The molecule has 0 heterocycles. The molecule has 0 amide bonds. The molecule has 6 heteroatoms. The van der Waals surface area contributed by atoms with Gasteiger partial charge >= 0.3 is 17.9 Å². The zero-order valence-corrected chi connectivity index (χ0v) is 37.2. The fraction of sp³-hybridized carbons (Fsp3) is 0.939. The molecule has 0 saturated carbocycles. The van der Waals surface area contributed by atoms with E-state index >= 15 is 0 Å². The molecule has 1 atom stereocenters. The maximum Gasteiger partial charge on any atom is 0.306 e. The predicted molar refractivity (Wildman–Crippen MR) is 233 cm³/mol. The van der Waals surface area contributed by atoms with Crippen LogP contribution in [-0.4, -0.2) is 37.2 Å². The van der Waals surface area contributed by atoms with Crippen molar-refractivity contribution < 1.29 is 28.6 Å². The average Bonchev–Trinajstić information content (AvgIpc) is 3.18. The highest BCUT2D eigenvalue weighted by Gasteiger charge is 2.19. The molecule has 0 aromatic rings. The van der Waals surface area contributed by atoms with Gasteiger partial charge in [-0.1, -0.05) is 239 Å². The average molecular weight is 779 g/mol. The normalized spacial score (nSPS) is 11.8. The fourth-order valence-corrected chi connectivity index (χ4v) is 7.38. The third-order valence-electron chi connectivity index (χ3n) is 11.1. The fourth-order valence-electron chi connectivity index (χ4n) is 7.38. The summed E-state index contributed by atoms with van der Waals surface area (Å²) in [5, 5.41) is 0. The minimum atomic E-state index is -0.758. The molecule has 0 N–H and O–H groups in total. The van der Waals surface area contributed by atoms with Crippen LogP contribution in [0.25, 0.3) is 0 Å². The van der Waals surface area contributed by atoms with Gasteiger partial charge in [0.2, 0.25) is 0 Å². The zero-order valence-electron chi connectivity index (χ0n) is 37.2. The molecule has 0 aliphatic heterocycles. The molecule has 0 aromatic carbocycles. The highest BCUT2D eigenvalue weighted by atomic mass is 16.6. The van der Waals surface area contributed by atoms with Crippen molar-refractivity contribution in [1.29, 1.82) is 0 Å². The molecule has 0 bridgehead atoms. The van der Waals surface area contributed by atoms with E-state index < -0.39 is 6.10 Å². The van der Waals surface area contributed by atoms with Crippen LogP contribution in [0.1, 0.15) is 278 Å². The van der Waals surface area contributed by atoms with Gasteiger partial charge in [0.05, 0.1) is 0 Å². The second-order valence-corrected chi connectivity index (χ2v) is 16.7. The second-order valence-electron chi connectivity index (χ2n) is 16.7. The Hall–Kier alpha value is -1.59. The molecule has 0 aliphatic carbocycles. The summed E-state index contributed by atoms with van der Waals surface area (Å²) in [6, 6.07) is 0. The standard InChI is InChI=1S/C49H94O6/c1-4-7-10-13-16-19-22-24-25-26-28-30-33-36-39-42-48(51)54-45-46(44-53-47(50)41-38-35-32-29-21-18-15-12-9-6-3)55-49(52)43-40-37-34-31-27-23-20-17-14-11-8-5-2/h46H,4-45H2,1-3H3/t46-/m0/s1. The Labute approximate surface area is 342 Å². The summed E-state index contributed by atoms with van der Waals surface area (Å²) < 4.78 is 16.7. The number of carbonyl (C=O) groups excluding carboxylic acids is 3. The van der Waals surface area contributed by atoms with Gasteiger partial charge in [0.1, 0.15) is 13.2 Å². The van der Waals surface area contributed by atoms with Crippen LogP contribution >= 0.6 is 0 Å². The van der Waals surface area contributed by atoms with E-state index in [1.165, 1.54) is 180 Å². The molecule has 0 saturated heterocycles. The van der Waals surface area contributed by atoms with Crippen molar-refractivity contribution in [3.05, 3.63) is 0 Å². The highest BCUT2D eigenvalue weighted by molar-refractivity contribution is 5.71. The van der Waals surface area contributed by atoms with Gasteiger partial charge < -0.3 is 14.2 Å². The van der Waals surface area contributed by atoms with Gasteiger partial charge in [-0.2, -0.15) is 0 Å². The Morgan fingerprint density at radius 2 is 0.491 bits per heavy atom. The molecule has 0 rings (SSSR count). The lowest BCUT2D eigenvalue weighted by molar-refractivity contribution is -0.167. The number of esters is 3. The van der Waals surface area contributed by atoms with E-state index in [4.69, 9.17) is 14.2 Å². The molecule has 0 spiro atoms. The molecular weight excluding hydrogens is 685 g/mol. The van der Waals surface area contributed by atoms with Gasteiger partial charge in [-0.3, -0.25) is 14.4 Å². The summed E-state index contributed by atoms with van der Waals surface area (Å²) in [6.45, 7) is 6.65. The van der Waals surface area contributed by atoms with Gasteiger partial charge in [0.15, 0.2) is 6.10 Å². The Morgan fingerprint density at radius 1 is 0.291 bits per heavy atom. The first-order valence-electron chi connectivity index (χ1n) is 24.5. The van der Waals surface area contributed by atoms with Crippen LogP contribution < -0.4 is 0 Å². The van der Waals surface area contributed by atoms with E-state index in [1.807, 2.05) is 0 Å². The van der Waals surface area contributed by atoms with Crippen molar-refractivity contribution in [3.8, 4) is 0 Å². The molecule has 0 aromatic heterocycles. The Morgan fingerprint density at radius 3 is 0.727 bits per heavy atom. The summed E-state index contributed by atoms with van der Waals surface area (Å²) in [4.78, 5) is 37.8. The van der Waals surface area contributed by atoms with Crippen molar-refractivity contribution in [2.75, 3.05) is 13.2 Å². The van der Waals surface area contributed by atoms with E-state index in [0.29, 0.717) is 19.3 Å². The minimum Gasteiger partial charge on any atom is -0.462 e. The van der Waals surface area contributed by atoms with Gasteiger partial charge in [-0.05, 0) is 19.3 Å². The largest absolute Gasteiger partial charge is 0.462 e. The maximum absolute atomic E-state index is 12.7. The van der Waals surface area contributed by atoms with Crippen molar-refractivity contribution >= 4 is 17.9 Å². The summed E-state index contributed by atoms with van der Waals surface area (Å²) in [6.07, 6.45) is 46.5. The van der Waals surface area contributed by atoms with Crippen molar-refractivity contribution in [1.82, 2.24) is 0 Å². The van der Waals surface area contributed by atoms with E-state index in [9.17, 15) is 14.4 Å². The van der Waals surface area contributed by atoms with Crippen LogP contribution in [0.2, 0.25) is 0 Å². The first-order valence-corrected chi connectivity index (χ1v) is 24.5. The van der Waals surface area contributed by atoms with E-state index in [2.05, 4.69) is 20.8 Å². The topological polar surface area (TPSA) is 78.9 Å². The predicted octanol–water partition coefficient (Wildman–Crippen LogP) is 15.6. The van der Waals surface area contributed by atoms with E-state index in [0.717, 1.165) is 57.8 Å². The summed E-state index contributed by atoms with van der Waals surface area (Å²) in [7, 11) is 0. The quantitative estimate of drug-likeness (QED) is 0.0348. The first-order chi connectivity index (χ1) is 27.0. The van der Waals surface area contributed by atoms with E-state index in [-0.39, 0.29) is 31.1 Å². The molecule has 0 radical (unpaired) electrons. The zero-order chi connectivity index (χ0) is 40.1. The first kappa shape index (κ1) is 53.4. The highest BCUT2D eigenvalue weighted by Crippen LogP contribution is 2.16. The number of carbonyl (C=O) groups is 3. The number of ether oxygens (including phenoxy) is 3. The summed E-state index contributed by atoms with van der Waals surface area (Å²) in [5.74, 6) is -0.847. The Kier molecular flexibility index (Phi) is 43.8. The molecule has 6 nitrogen and oxygen atoms in total. The van der Waals surface area contributed by atoms with Crippen molar-refractivity contribution in [3.63, 3.8) is 0 Å². The lowest BCUT2D eigenvalue weighted by Crippen LogP contribution is -2.30. The molecule has 0 fully saturated rings. The van der Waals surface area contributed by atoms with E-state index in [1.54, 1.807) is 0 Å². The number of hydrogen-bond acceptors (Lipinski definition) is 6. The van der Waals surface area contributed by atoms with Gasteiger partial charge in [0.25, 0.3) is 0 Å². The van der Waals surface area contributed by atoms with Crippen LogP contribution in [0.5, 0.6) is 0 Å². The molecule has 0 aliphatic rings. The van der Waals surface area contributed by atoms with Crippen molar-refractivity contribution in [2.45, 2.75) is 284 Å². The lowest BCUT2D eigenvalue weighted by Gasteiger charge is -2.18. The van der Waals surface area contributed by atoms with Crippen LogP contribution in [-0.2, 0) is 28.6 Å². The van der Waals surface area contributed by atoms with Gasteiger partial charge in [-0.15, -0.1) is 0 Å². The molecule has 0 unspecified atom stereocenters. The van der Waals surface area contributed by atoms with Gasteiger partial charge in [0, 0.05) is 19.3 Å². The van der Waals surface area contributed by atoms with Crippen molar-refractivity contribution in [2.24, 2.45) is 0 Å². The van der Waals surface area contributed by atoms with Crippen LogP contribution in [0.4, 0.5) is 0 Å². The minimum absolute atomic E-state index is 0.0622.